The summed E-state index contributed by atoms with van der Waals surface area (Å²) in [4.78, 5) is 39.5. The second-order valence-corrected chi connectivity index (χ2v) is 16.7. The number of phosphoric acid groups is 1. The van der Waals surface area contributed by atoms with E-state index in [1.165, 1.54) is 0 Å². The van der Waals surface area contributed by atoms with E-state index in [2.05, 4.69) is 45.0 Å². The minimum Gasteiger partial charge on any atom is -0.333 e. The fraction of sp³-hybridized carbons (Fsp3) is 0.935. The third-order valence-corrected chi connectivity index (χ3v) is 9.34. The monoisotopic (exact) mass is 630 g/mol. The quantitative estimate of drug-likeness (QED) is 0.185. The minimum absolute atomic E-state index is 0.0466. The lowest BCUT2D eigenvalue weighted by molar-refractivity contribution is -0.201. The third kappa shape index (κ3) is 11.0. The molecule has 0 aromatic rings. The normalized spacial score (nSPS) is 26.0. The number of rotatable bonds is 16. The maximum absolute atomic E-state index is 14.0. The summed E-state index contributed by atoms with van der Waals surface area (Å²) >= 11 is 0. The fourth-order valence-electron chi connectivity index (χ4n) is 5.82. The van der Waals surface area contributed by atoms with Crippen LogP contribution in [0.15, 0.2) is 0 Å². The Bertz CT molecular complexity index is 941. The number of hydroxylamine groups is 1. The molecule has 3 aliphatic rings. The van der Waals surface area contributed by atoms with Crippen molar-refractivity contribution in [2.24, 2.45) is 23.2 Å². The Kier molecular flexibility index (Phi) is 13.5. The number of fused-ring (bicyclic) bond motifs is 1. The van der Waals surface area contributed by atoms with Crippen molar-refractivity contribution < 1.29 is 32.6 Å². The molecule has 12 heteroatoms. The van der Waals surface area contributed by atoms with Crippen molar-refractivity contribution in [2.75, 3.05) is 46.0 Å². The lowest BCUT2D eigenvalue weighted by Gasteiger charge is -2.52. The molecule has 1 N–H and O–H groups in total. The molecular weight excluding hydrogens is 571 g/mol. The number of carbonyl (C=O) groups excluding carboxylic acids is 2. The summed E-state index contributed by atoms with van der Waals surface area (Å²) < 4.78 is 29.8. The zero-order valence-electron chi connectivity index (χ0n) is 28.2. The average molecular weight is 631 g/mol. The van der Waals surface area contributed by atoms with Gasteiger partial charge in [0.1, 0.15) is 12.2 Å². The number of carbonyl (C=O) groups is 2. The first-order chi connectivity index (χ1) is 20.1. The minimum atomic E-state index is -3.58. The predicted octanol–water partition coefficient (Wildman–Crippen LogP) is 5.06. The molecule has 3 heterocycles. The van der Waals surface area contributed by atoms with E-state index in [9.17, 15) is 14.2 Å². The zero-order chi connectivity index (χ0) is 31.9. The molecule has 3 rings (SSSR count). The van der Waals surface area contributed by atoms with Crippen LogP contribution in [-0.4, -0.2) is 96.9 Å². The molecule has 0 spiro atoms. The molecule has 250 valence electrons. The summed E-state index contributed by atoms with van der Waals surface area (Å²) in [5.41, 5.74) is 3.02. The van der Waals surface area contributed by atoms with Gasteiger partial charge in [0.05, 0.1) is 26.4 Å². The molecular formula is C31H59N4O7P. The van der Waals surface area contributed by atoms with Crippen molar-refractivity contribution in [1.29, 1.82) is 0 Å². The van der Waals surface area contributed by atoms with Gasteiger partial charge in [-0.25, -0.2) is 4.57 Å². The molecule has 4 atom stereocenters. The van der Waals surface area contributed by atoms with Gasteiger partial charge in [-0.3, -0.25) is 28.0 Å². The summed E-state index contributed by atoms with van der Waals surface area (Å²) in [7, 11) is -3.58. The number of nitrogens with one attached hydrogen (secondary N) is 1. The van der Waals surface area contributed by atoms with Crippen LogP contribution in [0.3, 0.4) is 0 Å². The van der Waals surface area contributed by atoms with E-state index in [1.807, 2.05) is 32.6 Å². The summed E-state index contributed by atoms with van der Waals surface area (Å²) in [6.45, 7) is 22.4. The van der Waals surface area contributed by atoms with Crippen molar-refractivity contribution in [3.05, 3.63) is 0 Å². The lowest BCUT2D eigenvalue weighted by Crippen LogP contribution is -2.73. The number of hydrogen-bond donors (Lipinski definition) is 1. The van der Waals surface area contributed by atoms with Crippen LogP contribution >= 0.6 is 7.82 Å². The summed E-state index contributed by atoms with van der Waals surface area (Å²) in [5, 5.41) is 0. The highest BCUT2D eigenvalue weighted by Gasteiger charge is 2.51. The van der Waals surface area contributed by atoms with Gasteiger partial charge in [0.15, 0.2) is 6.10 Å². The molecule has 43 heavy (non-hydrogen) atoms. The number of phosphoric ester groups is 1. The summed E-state index contributed by atoms with van der Waals surface area (Å²) in [6, 6.07) is -0.414. The first-order valence-corrected chi connectivity index (χ1v) is 17.8. The maximum atomic E-state index is 14.0. The van der Waals surface area contributed by atoms with Crippen LogP contribution in [0.2, 0.25) is 0 Å². The van der Waals surface area contributed by atoms with E-state index >= 15 is 0 Å². The van der Waals surface area contributed by atoms with Crippen LogP contribution in [0.25, 0.3) is 0 Å². The molecule has 3 saturated heterocycles. The SMILES string of the molecule is CC(C)COP(=O)(OCCCCN1CC[C@@H](N2C[C@@H]3NO[C@H](CC(C)C)C(=O)N3[C@@H](CC(C)(C)C)C2=O)C1)OCC(C)C. The van der Waals surface area contributed by atoms with Crippen molar-refractivity contribution >= 4 is 19.6 Å². The van der Waals surface area contributed by atoms with Gasteiger partial charge in [0.25, 0.3) is 5.91 Å². The number of likely N-dealkylation sites (tertiary alicyclic amines) is 1. The highest BCUT2D eigenvalue weighted by molar-refractivity contribution is 7.48. The average Bonchev–Trinajstić information content (AvgIpc) is 3.37. The number of unbranched alkanes of at least 4 members (excludes halogenated alkanes) is 1. The number of piperazine rings is 1. The Hall–Kier alpha value is -1.07. The largest absolute Gasteiger partial charge is 0.474 e. The van der Waals surface area contributed by atoms with E-state index in [0.29, 0.717) is 45.1 Å². The molecule has 3 fully saturated rings. The topological polar surface area (TPSA) is 110 Å². The van der Waals surface area contributed by atoms with E-state index in [4.69, 9.17) is 18.4 Å². The van der Waals surface area contributed by atoms with Crippen LogP contribution < -0.4 is 5.48 Å². The fourth-order valence-corrected chi connectivity index (χ4v) is 7.36. The molecule has 11 nitrogen and oxygen atoms in total. The molecule has 0 bridgehead atoms. The standard InChI is InChI=1S/C31H59N4O7P/c1-22(2)16-27-30(37)35-26(17-31(7,8)9)29(36)34(19-28(35)32-42-27)25-12-14-33(18-25)13-10-11-15-39-43(38,40-20-23(3)4)41-21-24(5)6/h22-28,32H,10-21H2,1-9H3/t25-,26+,27-,28-/m1/s1. The van der Waals surface area contributed by atoms with Gasteiger partial charge in [0, 0.05) is 19.1 Å². The van der Waals surface area contributed by atoms with Gasteiger partial charge < -0.3 is 14.7 Å². The Balaban J connectivity index is 1.53. The van der Waals surface area contributed by atoms with Crippen molar-refractivity contribution in [1.82, 2.24) is 20.2 Å². The molecule has 0 unspecified atom stereocenters. The van der Waals surface area contributed by atoms with Crippen molar-refractivity contribution in [2.45, 2.75) is 119 Å². The van der Waals surface area contributed by atoms with Gasteiger partial charge in [-0.05, 0) is 61.8 Å². The highest BCUT2D eigenvalue weighted by atomic mass is 31.2. The summed E-state index contributed by atoms with van der Waals surface area (Å²) in [5.74, 6) is 0.728. The number of amides is 2. The van der Waals surface area contributed by atoms with Gasteiger partial charge in [-0.15, -0.1) is 0 Å². The Morgan fingerprint density at radius 1 is 0.930 bits per heavy atom. The maximum Gasteiger partial charge on any atom is 0.474 e. The van der Waals surface area contributed by atoms with E-state index in [1.54, 1.807) is 4.90 Å². The van der Waals surface area contributed by atoms with Crippen LogP contribution in [-0.2, 0) is 32.6 Å². The summed E-state index contributed by atoms with van der Waals surface area (Å²) in [6.07, 6.45) is 2.80. The van der Waals surface area contributed by atoms with Crippen LogP contribution in [0.1, 0.15) is 94.4 Å². The number of nitrogens with zero attached hydrogens (tertiary/aromatic N) is 3. The number of hydrogen-bond acceptors (Lipinski definition) is 9. The van der Waals surface area contributed by atoms with Crippen LogP contribution in [0.5, 0.6) is 0 Å². The van der Waals surface area contributed by atoms with Crippen LogP contribution in [0.4, 0.5) is 0 Å². The lowest BCUT2D eigenvalue weighted by atomic mass is 9.85. The van der Waals surface area contributed by atoms with E-state index in [0.717, 1.165) is 38.9 Å². The predicted molar refractivity (Wildman–Crippen MR) is 167 cm³/mol. The molecule has 0 aromatic heterocycles. The van der Waals surface area contributed by atoms with E-state index in [-0.39, 0.29) is 41.3 Å². The highest BCUT2D eigenvalue weighted by Crippen LogP contribution is 2.50. The van der Waals surface area contributed by atoms with Gasteiger partial charge in [0.2, 0.25) is 5.91 Å². The molecule has 0 aromatic carbocycles. The van der Waals surface area contributed by atoms with Gasteiger partial charge >= 0.3 is 7.82 Å². The van der Waals surface area contributed by atoms with Crippen molar-refractivity contribution in [3.8, 4) is 0 Å². The second kappa shape index (κ2) is 16.0. The zero-order valence-corrected chi connectivity index (χ0v) is 29.1. The van der Waals surface area contributed by atoms with Gasteiger partial charge in [-0.2, -0.15) is 5.48 Å². The first-order valence-electron chi connectivity index (χ1n) is 16.4. The van der Waals surface area contributed by atoms with Crippen molar-refractivity contribution in [3.63, 3.8) is 0 Å². The molecule has 2 amide bonds. The second-order valence-electron chi connectivity index (χ2n) is 15.0. The smallest absolute Gasteiger partial charge is 0.333 e. The molecule has 3 aliphatic heterocycles. The van der Waals surface area contributed by atoms with E-state index < -0.39 is 20.0 Å². The Labute approximate surface area is 260 Å². The van der Waals surface area contributed by atoms with Gasteiger partial charge in [-0.1, -0.05) is 62.3 Å². The third-order valence-electron chi connectivity index (χ3n) is 7.92. The first kappa shape index (κ1) is 36.4. The molecule has 0 saturated carbocycles. The van der Waals surface area contributed by atoms with Crippen LogP contribution in [0, 0.1) is 23.2 Å². The molecule has 0 radical (unpaired) electrons. The molecule has 0 aliphatic carbocycles. The Morgan fingerprint density at radius 3 is 2.16 bits per heavy atom. The Morgan fingerprint density at radius 2 is 1.58 bits per heavy atom.